The Morgan fingerprint density at radius 1 is 1.24 bits per heavy atom. The number of aliphatic hydroxyl groups excluding tert-OH is 1. The second-order valence-electron chi connectivity index (χ2n) is 4.80. The molecule has 2 N–H and O–H groups in total. The van der Waals surface area contributed by atoms with E-state index < -0.39 is 6.10 Å². The molecule has 0 amide bonds. The molecular formula is C17H18N2O2. The lowest BCUT2D eigenvalue weighted by Crippen LogP contribution is -2.26. The molecule has 2 aromatic carbocycles. The maximum absolute atomic E-state index is 9.94. The average Bonchev–Trinajstić information content (AvgIpc) is 2.52. The zero-order chi connectivity index (χ0) is 15.1. The molecule has 0 aromatic heterocycles. The van der Waals surface area contributed by atoms with E-state index in [0.717, 1.165) is 11.3 Å². The molecule has 0 aliphatic rings. The Labute approximate surface area is 124 Å². The molecule has 0 heterocycles. The third-order valence-corrected chi connectivity index (χ3v) is 3.08. The van der Waals surface area contributed by atoms with Gasteiger partial charge in [-0.15, -0.1) is 0 Å². The van der Waals surface area contributed by atoms with Crippen molar-refractivity contribution in [2.45, 2.75) is 13.0 Å². The molecule has 2 rings (SSSR count). The first-order valence-electron chi connectivity index (χ1n) is 6.79. The normalized spacial score (nSPS) is 11.5. The number of aryl methyl sites for hydroxylation is 1. The number of aliphatic hydroxyl groups is 1. The van der Waals surface area contributed by atoms with Crippen LogP contribution in [0.5, 0.6) is 5.75 Å². The van der Waals surface area contributed by atoms with Crippen molar-refractivity contribution in [1.29, 1.82) is 5.26 Å². The first-order valence-corrected chi connectivity index (χ1v) is 6.79. The van der Waals surface area contributed by atoms with Crippen molar-refractivity contribution in [3.8, 4) is 11.8 Å². The lowest BCUT2D eigenvalue weighted by molar-refractivity contribution is 0.117. The summed E-state index contributed by atoms with van der Waals surface area (Å²) < 4.78 is 5.49. The number of nitrogens with one attached hydrogen (secondary N) is 1. The monoisotopic (exact) mass is 282 g/mol. The summed E-state index contributed by atoms with van der Waals surface area (Å²) in [7, 11) is 0. The molecule has 0 aliphatic heterocycles. The van der Waals surface area contributed by atoms with Crippen molar-refractivity contribution in [3.63, 3.8) is 0 Å². The molecule has 2 aromatic rings. The molecule has 108 valence electrons. The Hall–Kier alpha value is -2.51. The number of hydrogen-bond acceptors (Lipinski definition) is 4. The van der Waals surface area contributed by atoms with Gasteiger partial charge in [-0.05, 0) is 36.8 Å². The van der Waals surface area contributed by atoms with Crippen LogP contribution >= 0.6 is 0 Å². The largest absolute Gasteiger partial charge is 0.491 e. The number of nitrogens with zero attached hydrogens (tertiary/aromatic N) is 1. The second-order valence-corrected chi connectivity index (χ2v) is 4.80. The van der Waals surface area contributed by atoms with Crippen LogP contribution in [0.25, 0.3) is 0 Å². The standard InChI is InChI=1S/C17H18N2O2/c1-13-5-2-3-8-17(13)19-11-15(20)12-21-16-7-4-6-14(9-16)10-18/h2-9,15,19-20H,11-12H2,1H3. The summed E-state index contributed by atoms with van der Waals surface area (Å²) in [5.41, 5.74) is 2.68. The van der Waals surface area contributed by atoms with Crippen LogP contribution in [0.4, 0.5) is 5.69 Å². The first kappa shape index (κ1) is 14.9. The van der Waals surface area contributed by atoms with Crippen LogP contribution in [-0.2, 0) is 0 Å². The van der Waals surface area contributed by atoms with E-state index in [1.807, 2.05) is 31.2 Å². The van der Waals surface area contributed by atoms with Gasteiger partial charge in [0, 0.05) is 12.2 Å². The molecule has 0 saturated heterocycles. The zero-order valence-corrected chi connectivity index (χ0v) is 11.9. The third-order valence-electron chi connectivity index (χ3n) is 3.08. The van der Waals surface area contributed by atoms with E-state index in [2.05, 4.69) is 11.4 Å². The van der Waals surface area contributed by atoms with Crippen LogP contribution in [0, 0.1) is 18.3 Å². The van der Waals surface area contributed by atoms with E-state index in [1.165, 1.54) is 0 Å². The number of anilines is 1. The lowest BCUT2D eigenvalue weighted by atomic mass is 10.2. The first-order chi connectivity index (χ1) is 10.2. The Morgan fingerprint density at radius 3 is 2.81 bits per heavy atom. The van der Waals surface area contributed by atoms with Crippen LogP contribution < -0.4 is 10.1 Å². The highest BCUT2D eigenvalue weighted by atomic mass is 16.5. The fourth-order valence-electron chi connectivity index (χ4n) is 1.91. The van der Waals surface area contributed by atoms with Crippen LogP contribution in [0.1, 0.15) is 11.1 Å². The third kappa shape index (κ3) is 4.51. The van der Waals surface area contributed by atoms with Crippen molar-refractivity contribution in [2.24, 2.45) is 0 Å². The predicted molar refractivity (Wildman–Crippen MR) is 82.3 cm³/mol. The van der Waals surface area contributed by atoms with Crippen molar-refractivity contribution in [3.05, 3.63) is 59.7 Å². The molecule has 1 atom stereocenters. The Balaban J connectivity index is 1.81. The Bertz CT molecular complexity index is 635. The maximum atomic E-state index is 9.94. The summed E-state index contributed by atoms with van der Waals surface area (Å²) in [6.07, 6.45) is -0.629. The summed E-state index contributed by atoms with van der Waals surface area (Å²) >= 11 is 0. The van der Waals surface area contributed by atoms with Gasteiger partial charge in [0.05, 0.1) is 11.6 Å². The van der Waals surface area contributed by atoms with Gasteiger partial charge in [0.1, 0.15) is 18.5 Å². The summed E-state index contributed by atoms with van der Waals surface area (Å²) in [6, 6.07) is 16.8. The number of ether oxygens (including phenoxy) is 1. The SMILES string of the molecule is Cc1ccccc1NCC(O)COc1cccc(C#N)c1. The molecule has 0 aliphatic carbocycles. The second kappa shape index (κ2) is 7.32. The molecule has 0 bridgehead atoms. The smallest absolute Gasteiger partial charge is 0.120 e. The van der Waals surface area contributed by atoms with Gasteiger partial charge in [-0.1, -0.05) is 24.3 Å². The average molecular weight is 282 g/mol. The van der Waals surface area contributed by atoms with E-state index in [-0.39, 0.29) is 6.61 Å². The van der Waals surface area contributed by atoms with Crippen LogP contribution in [0.15, 0.2) is 48.5 Å². The molecule has 0 saturated carbocycles. The number of para-hydroxylation sites is 1. The van der Waals surface area contributed by atoms with Gasteiger partial charge in [0.25, 0.3) is 0 Å². The number of benzene rings is 2. The minimum atomic E-state index is -0.629. The van der Waals surface area contributed by atoms with E-state index in [4.69, 9.17) is 10.00 Å². The maximum Gasteiger partial charge on any atom is 0.120 e. The molecule has 4 nitrogen and oxygen atoms in total. The molecule has 0 radical (unpaired) electrons. The summed E-state index contributed by atoms with van der Waals surface area (Å²) in [6.45, 7) is 2.59. The summed E-state index contributed by atoms with van der Waals surface area (Å²) in [5.74, 6) is 0.587. The van der Waals surface area contributed by atoms with Gasteiger partial charge < -0.3 is 15.2 Å². The molecule has 4 heteroatoms. The fraction of sp³-hybridized carbons (Fsp3) is 0.235. The zero-order valence-electron chi connectivity index (χ0n) is 11.9. The topological polar surface area (TPSA) is 65.3 Å². The number of rotatable bonds is 6. The van der Waals surface area contributed by atoms with Gasteiger partial charge >= 0.3 is 0 Å². The van der Waals surface area contributed by atoms with Gasteiger partial charge in [0.15, 0.2) is 0 Å². The van der Waals surface area contributed by atoms with Gasteiger partial charge in [0.2, 0.25) is 0 Å². The Kier molecular flexibility index (Phi) is 5.19. The molecular weight excluding hydrogens is 264 g/mol. The molecule has 21 heavy (non-hydrogen) atoms. The minimum absolute atomic E-state index is 0.174. The fourth-order valence-corrected chi connectivity index (χ4v) is 1.91. The van der Waals surface area contributed by atoms with Crippen molar-refractivity contribution in [1.82, 2.24) is 0 Å². The van der Waals surface area contributed by atoms with Gasteiger partial charge in [-0.2, -0.15) is 5.26 Å². The summed E-state index contributed by atoms with van der Waals surface area (Å²) in [5, 5.41) is 21.9. The molecule has 0 spiro atoms. The highest BCUT2D eigenvalue weighted by Crippen LogP contribution is 2.14. The van der Waals surface area contributed by atoms with Gasteiger partial charge in [-0.25, -0.2) is 0 Å². The minimum Gasteiger partial charge on any atom is -0.491 e. The summed E-state index contributed by atoms with van der Waals surface area (Å²) in [4.78, 5) is 0. The van der Waals surface area contributed by atoms with Crippen LogP contribution in [0.2, 0.25) is 0 Å². The number of hydrogen-bond donors (Lipinski definition) is 2. The van der Waals surface area contributed by atoms with E-state index >= 15 is 0 Å². The number of nitriles is 1. The van der Waals surface area contributed by atoms with E-state index in [9.17, 15) is 5.11 Å². The molecule has 0 fully saturated rings. The van der Waals surface area contributed by atoms with Crippen molar-refractivity contribution in [2.75, 3.05) is 18.5 Å². The molecule has 1 unspecified atom stereocenters. The van der Waals surface area contributed by atoms with Crippen LogP contribution in [0.3, 0.4) is 0 Å². The van der Waals surface area contributed by atoms with Crippen LogP contribution in [-0.4, -0.2) is 24.4 Å². The highest BCUT2D eigenvalue weighted by Gasteiger charge is 2.06. The van der Waals surface area contributed by atoms with Gasteiger partial charge in [-0.3, -0.25) is 0 Å². The highest BCUT2D eigenvalue weighted by molar-refractivity contribution is 5.50. The van der Waals surface area contributed by atoms with E-state index in [0.29, 0.717) is 17.9 Å². The quantitative estimate of drug-likeness (QED) is 0.855. The van der Waals surface area contributed by atoms with Crippen molar-refractivity contribution >= 4 is 5.69 Å². The Morgan fingerprint density at radius 2 is 2.05 bits per heavy atom. The van der Waals surface area contributed by atoms with E-state index in [1.54, 1.807) is 24.3 Å². The predicted octanol–water partition coefficient (Wildman–Crippen LogP) is 2.72. The lowest BCUT2D eigenvalue weighted by Gasteiger charge is -2.15. The van der Waals surface area contributed by atoms with Crippen molar-refractivity contribution < 1.29 is 9.84 Å².